The molecule has 1 aromatic carbocycles. The minimum absolute atomic E-state index is 0.162. The van der Waals surface area contributed by atoms with E-state index in [-0.39, 0.29) is 5.91 Å². The molecule has 1 N–H and O–H groups in total. The summed E-state index contributed by atoms with van der Waals surface area (Å²) in [5.74, 6) is -0.162. The predicted molar refractivity (Wildman–Crippen MR) is 83.7 cm³/mol. The van der Waals surface area contributed by atoms with Gasteiger partial charge in [0.15, 0.2) is 5.13 Å². The number of hydrogen-bond donors (Lipinski definition) is 1. The number of thiazole rings is 1. The lowest BCUT2D eigenvalue weighted by molar-refractivity contribution is 0.102. The Bertz CT molecular complexity index is 593. The average Bonchev–Trinajstić information content (AvgIpc) is 2.57. The molecular weight excluding hydrogens is 383 g/mol. The number of carbonyl (C=O) groups is 1. The molecule has 0 aliphatic heterocycles. The monoisotopic (exact) mass is 392 g/mol. The number of rotatable bonds is 2. The molecule has 1 heterocycles. The van der Waals surface area contributed by atoms with Crippen LogP contribution in [0.1, 0.15) is 20.9 Å². The van der Waals surface area contributed by atoms with E-state index in [1.54, 1.807) is 18.2 Å². The molecule has 18 heavy (non-hydrogen) atoms. The molecule has 0 radical (unpaired) electrons. The average molecular weight is 393 g/mol. The maximum Gasteiger partial charge on any atom is 0.258 e. The van der Waals surface area contributed by atoms with Crippen molar-refractivity contribution < 1.29 is 4.79 Å². The first-order valence-corrected chi connectivity index (χ1v) is 7.45. The van der Waals surface area contributed by atoms with Gasteiger partial charge in [-0.05, 0) is 54.6 Å². The van der Waals surface area contributed by atoms with Crippen LogP contribution in [0.2, 0.25) is 5.02 Å². The van der Waals surface area contributed by atoms with E-state index in [1.165, 1.54) is 11.3 Å². The van der Waals surface area contributed by atoms with Crippen molar-refractivity contribution in [3.63, 3.8) is 0 Å². The third-order valence-corrected chi connectivity index (χ3v) is 4.54. The highest BCUT2D eigenvalue weighted by molar-refractivity contribution is 14.1. The summed E-state index contributed by atoms with van der Waals surface area (Å²) >= 11 is 9.43. The highest BCUT2D eigenvalue weighted by Gasteiger charge is 2.13. The largest absolute Gasteiger partial charge is 0.298 e. The first-order chi connectivity index (χ1) is 8.47. The number of nitrogens with zero attached hydrogens (tertiary/aromatic N) is 1. The van der Waals surface area contributed by atoms with Crippen LogP contribution in [0, 0.1) is 17.4 Å². The number of aromatic nitrogens is 1. The molecule has 2 aromatic rings. The smallest absolute Gasteiger partial charge is 0.258 e. The maximum absolute atomic E-state index is 12.1. The van der Waals surface area contributed by atoms with E-state index < -0.39 is 0 Å². The van der Waals surface area contributed by atoms with E-state index in [9.17, 15) is 4.79 Å². The Morgan fingerprint density at radius 3 is 2.72 bits per heavy atom. The summed E-state index contributed by atoms with van der Waals surface area (Å²) in [6.45, 7) is 3.90. The highest BCUT2D eigenvalue weighted by Crippen LogP contribution is 2.23. The minimum Gasteiger partial charge on any atom is -0.298 e. The zero-order chi connectivity index (χ0) is 13.3. The highest BCUT2D eigenvalue weighted by atomic mass is 127. The Morgan fingerprint density at radius 2 is 2.17 bits per heavy atom. The van der Waals surface area contributed by atoms with E-state index in [0.29, 0.717) is 15.7 Å². The van der Waals surface area contributed by atoms with Crippen molar-refractivity contribution in [2.45, 2.75) is 13.8 Å². The lowest BCUT2D eigenvalue weighted by Gasteiger charge is -2.04. The van der Waals surface area contributed by atoms with Crippen LogP contribution in [0.25, 0.3) is 0 Å². The van der Waals surface area contributed by atoms with Gasteiger partial charge >= 0.3 is 0 Å². The molecule has 3 nitrogen and oxygen atoms in total. The zero-order valence-electron chi connectivity index (χ0n) is 9.75. The SMILES string of the molecule is Cc1nc(NC(=O)c2ccc(Cl)cc2I)sc1C. The van der Waals surface area contributed by atoms with Gasteiger partial charge in [-0.2, -0.15) is 0 Å². The molecule has 1 aromatic heterocycles. The minimum atomic E-state index is -0.162. The van der Waals surface area contributed by atoms with Gasteiger partial charge in [-0.3, -0.25) is 10.1 Å². The van der Waals surface area contributed by atoms with Gasteiger partial charge in [0.05, 0.1) is 11.3 Å². The van der Waals surface area contributed by atoms with Gasteiger partial charge in [-0.25, -0.2) is 4.98 Å². The number of aryl methyl sites for hydroxylation is 2. The second kappa shape index (κ2) is 5.54. The van der Waals surface area contributed by atoms with E-state index in [1.807, 2.05) is 13.8 Å². The first-order valence-electron chi connectivity index (χ1n) is 5.18. The summed E-state index contributed by atoms with van der Waals surface area (Å²) in [5.41, 5.74) is 1.55. The molecule has 0 unspecified atom stereocenters. The van der Waals surface area contributed by atoms with E-state index in [2.05, 4.69) is 32.9 Å². The fraction of sp³-hybridized carbons (Fsp3) is 0.167. The summed E-state index contributed by atoms with van der Waals surface area (Å²) in [5, 5.41) is 4.05. The van der Waals surface area contributed by atoms with E-state index in [4.69, 9.17) is 11.6 Å². The molecule has 0 saturated heterocycles. The molecule has 6 heteroatoms. The molecule has 0 atom stereocenters. The van der Waals surface area contributed by atoms with Crippen LogP contribution in [0.3, 0.4) is 0 Å². The molecular formula is C12H10ClIN2OS. The molecule has 0 saturated carbocycles. The van der Waals surface area contributed by atoms with E-state index >= 15 is 0 Å². The molecule has 0 bridgehead atoms. The Labute approximate surface area is 128 Å². The van der Waals surface area contributed by atoms with Crippen molar-refractivity contribution in [2.24, 2.45) is 0 Å². The quantitative estimate of drug-likeness (QED) is 0.776. The first kappa shape index (κ1) is 13.8. The maximum atomic E-state index is 12.1. The Morgan fingerprint density at radius 1 is 1.44 bits per heavy atom. The topological polar surface area (TPSA) is 42.0 Å². The fourth-order valence-corrected chi connectivity index (χ4v) is 3.29. The number of carbonyl (C=O) groups excluding carboxylic acids is 1. The van der Waals surface area contributed by atoms with Gasteiger partial charge in [0.2, 0.25) is 0 Å². The Balaban J connectivity index is 2.22. The van der Waals surface area contributed by atoms with Crippen LogP contribution in [0.15, 0.2) is 18.2 Å². The van der Waals surface area contributed by atoms with E-state index in [0.717, 1.165) is 14.1 Å². The van der Waals surface area contributed by atoms with Gasteiger partial charge in [0.25, 0.3) is 5.91 Å². The molecule has 0 fully saturated rings. The van der Waals surface area contributed by atoms with Crippen molar-refractivity contribution in [2.75, 3.05) is 5.32 Å². The van der Waals surface area contributed by atoms with Crippen LogP contribution >= 0.6 is 45.5 Å². The van der Waals surface area contributed by atoms with Crippen LogP contribution in [-0.4, -0.2) is 10.9 Å². The molecule has 0 aliphatic rings. The van der Waals surface area contributed by atoms with Crippen LogP contribution in [0.4, 0.5) is 5.13 Å². The van der Waals surface area contributed by atoms with Gasteiger partial charge in [0, 0.05) is 13.5 Å². The van der Waals surface area contributed by atoms with Gasteiger partial charge in [-0.1, -0.05) is 11.6 Å². The lowest BCUT2D eigenvalue weighted by atomic mass is 10.2. The molecule has 1 amide bonds. The number of halogens is 2. The van der Waals surface area contributed by atoms with Gasteiger partial charge < -0.3 is 0 Å². The number of anilines is 1. The van der Waals surface area contributed by atoms with Crippen molar-refractivity contribution >= 4 is 56.6 Å². The van der Waals surface area contributed by atoms with Crippen LogP contribution in [-0.2, 0) is 0 Å². The number of nitrogens with one attached hydrogen (secondary N) is 1. The van der Waals surface area contributed by atoms with Crippen LogP contribution in [0.5, 0.6) is 0 Å². The predicted octanol–water partition coefficient (Wildman–Crippen LogP) is 4.27. The standard InChI is InChI=1S/C12H10ClIN2OS/c1-6-7(2)18-12(15-6)16-11(17)9-4-3-8(13)5-10(9)14/h3-5H,1-2H3,(H,15,16,17). The van der Waals surface area contributed by atoms with Gasteiger partial charge in [-0.15, -0.1) is 11.3 Å². The second-order valence-corrected chi connectivity index (χ2v) is 6.54. The zero-order valence-corrected chi connectivity index (χ0v) is 13.5. The summed E-state index contributed by atoms with van der Waals surface area (Å²) in [7, 11) is 0. The van der Waals surface area contributed by atoms with Crippen molar-refractivity contribution in [1.29, 1.82) is 0 Å². The van der Waals surface area contributed by atoms with Crippen molar-refractivity contribution in [1.82, 2.24) is 4.98 Å². The molecule has 94 valence electrons. The van der Waals surface area contributed by atoms with Crippen LogP contribution < -0.4 is 5.32 Å². The second-order valence-electron chi connectivity index (χ2n) is 3.74. The summed E-state index contributed by atoms with van der Waals surface area (Å²) in [6, 6.07) is 5.18. The third-order valence-electron chi connectivity index (χ3n) is 2.42. The summed E-state index contributed by atoms with van der Waals surface area (Å²) in [6.07, 6.45) is 0. The normalized spacial score (nSPS) is 10.4. The van der Waals surface area contributed by atoms with Crippen molar-refractivity contribution in [3.05, 3.63) is 42.9 Å². The fourth-order valence-electron chi connectivity index (χ4n) is 1.36. The summed E-state index contributed by atoms with van der Waals surface area (Å²) < 4.78 is 0.822. The number of benzene rings is 1. The third kappa shape index (κ3) is 3.02. The molecule has 2 rings (SSSR count). The lowest BCUT2D eigenvalue weighted by Crippen LogP contribution is -2.13. The molecule has 0 spiro atoms. The van der Waals surface area contributed by atoms with Crippen molar-refractivity contribution in [3.8, 4) is 0 Å². The number of amides is 1. The summed E-state index contributed by atoms with van der Waals surface area (Å²) in [4.78, 5) is 17.5. The Kier molecular flexibility index (Phi) is 4.24. The Hall–Kier alpha value is -0.660. The molecule has 0 aliphatic carbocycles. The van der Waals surface area contributed by atoms with Gasteiger partial charge in [0.1, 0.15) is 0 Å². The number of hydrogen-bond acceptors (Lipinski definition) is 3.